The van der Waals surface area contributed by atoms with E-state index in [1.54, 1.807) is 11.3 Å². The third-order valence-electron chi connectivity index (χ3n) is 5.72. The van der Waals surface area contributed by atoms with E-state index in [-0.39, 0.29) is 12.4 Å². The molecule has 9 heteroatoms. The van der Waals surface area contributed by atoms with E-state index in [4.69, 9.17) is 14.9 Å². The maximum absolute atomic E-state index is 12.8. The molecule has 2 N–H and O–H groups in total. The molecule has 0 fully saturated rings. The molecule has 1 aromatic carbocycles. The van der Waals surface area contributed by atoms with Crippen LogP contribution in [0, 0.1) is 20.8 Å². The summed E-state index contributed by atoms with van der Waals surface area (Å²) in [4.78, 5) is 19.2. The van der Waals surface area contributed by atoms with Crippen LogP contribution in [0.1, 0.15) is 72.0 Å². The highest BCUT2D eigenvalue weighted by Gasteiger charge is 2.33. The van der Waals surface area contributed by atoms with Crippen molar-refractivity contribution in [2.75, 3.05) is 6.54 Å². The van der Waals surface area contributed by atoms with Crippen LogP contribution in [0.15, 0.2) is 35.3 Å². The molecule has 1 aliphatic heterocycles. The highest BCUT2D eigenvalue weighted by molar-refractivity contribution is 7.15. The van der Waals surface area contributed by atoms with Gasteiger partial charge in [0.2, 0.25) is 0 Å². The van der Waals surface area contributed by atoms with Crippen LogP contribution in [0.2, 0.25) is 0 Å². The lowest BCUT2D eigenvalue weighted by molar-refractivity contribution is -0.155. The van der Waals surface area contributed by atoms with Crippen LogP contribution in [-0.4, -0.2) is 43.8 Å². The van der Waals surface area contributed by atoms with E-state index >= 15 is 0 Å². The van der Waals surface area contributed by atoms with Crippen molar-refractivity contribution in [1.29, 1.82) is 0 Å². The van der Waals surface area contributed by atoms with Crippen LogP contribution in [0.3, 0.4) is 0 Å². The first-order chi connectivity index (χ1) is 16.6. The molecule has 0 saturated heterocycles. The van der Waals surface area contributed by atoms with Gasteiger partial charge >= 0.3 is 5.97 Å². The van der Waals surface area contributed by atoms with Gasteiger partial charge in [0.15, 0.2) is 5.82 Å². The lowest BCUT2D eigenvalue weighted by Gasteiger charge is -2.21. The fraction of sp³-hybridized carbons (Fsp3) is 0.385. The fourth-order valence-corrected chi connectivity index (χ4v) is 5.28. The minimum Gasteiger partial charge on any atom is -0.460 e. The van der Waals surface area contributed by atoms with Gasteiger partial charge < -0.3 is 9.94 Å². The van der Waals surface area contributed by atoms with Crippen LogP contribution in [0.25, 0.3) is 11.1 Å². The van der Waals surface area contributed by atoms with Gasteiger partial charge in [-0.25, -0.2) is 5.48 Å². The number of hydrogen-bond acceptors (Lipinski definition) is 8. The average molecular weight is 494 g/mol. The van der Waals surface area contributed by atoms with Gasteiger partial charge in [0, 0.05) is 22.5 Å². The Morgan fingerprint density at radius 3 is 2.57 bits per heavy atom. The zero-order chi connectivity index (χ0) is 25.3. The van der Waals surface area contributed by atoms with Crippen molar-refractivity contribution < 1.29 is 14.7 Å². The highest BCUT2D eigenvalue weighted by atomic mass is 32.1. The molecule has 1 atom stereocenters. The zero-order valence-corrected chi connectivity index (χ0v) is 21.7. The van der Waals surface area contributed by atoms with Gasteiger partial charge in [0.1, 0.15) is 22.5 Å². The van der Waals surface area contributed by atoms with Gasteiger partial charge in [0.25, 0.3) is 0 Å². The number of nitrogens with zero attached hydrogens (tertiary/aromatic N) is 4. The molecule has 4 rings (SSSR count). The number of benzene rings is 1. The number of nitrogens with one attached hydrogen (secondary N) is 1. The van der Waals surface area contributed by atoms with Gasteiger partial charge in [-0.05, 0) is 52.7 Å². The summed E-state index contributed by atoms with van der Waals surface area (Å²) in [6.45, 7) is 12.1. The number of ether oxygens (including phenoxy) is 1. The Hall–Kier alpha value is -3.14. The maximum atomic E-state index is 12.8. The summed E-state index contributed by atoms with van der Waals surface area (Å²) in [7, 11) is 0. The molecule has 0 amide bonds. The Balaban J connectivity index is 1.83. The third-order valence-corrected chi connectivity index (χ3v) is 6.92. The van der Waals surface area contributed by atoms with Crippen LogP contribution < -0.4 is 5.48 Å². The second-order valence-electron chi connectivity index (χ2n) is 9.57. The summed E-state index contributed by atoms with van der Waals surface area (Å²) in [5.74, 6) is 1.07. The van der Waals surface area contributed by atoms with Crippen molar-refractivity contribution in [3.63, 3.8) is 0 Å². The monoisotopic (exact) mass is 493 g/mol. The largest absolute Gasteiger partial charge is 0.460 e. The smallest absolute Gasteiger partial charge is 0.308 e. The first-order valence-electron chi connectivity index (χ1n) is 11.5. The van der Waals surface area contributed by atoms with Crippen LogP contribution in [-0.2, 0) is 9.53 Å². The molecule has 0 spiro atoms. The Labute approximate surface area is 209 Å². The molecule has 1 aliphatic rings. The topological polar surface area (TPSA) is 102 Å². The molecule has 35 heavy (non-hydrogen) atoms. The number of carbonyl (C=O) groups excluding carboxylic acids is 1. The summed E-state index contributed by atoms with van der Waals surface area (Å²) in [5, 5.41) is 18.5. The number of carbonyl (C=O) groups is 1. The Bertz CT molecular complexity index is 1300. The SMILES string of the molecule is Cc1sc2c(c1C)C(c1ccc(/C=C/CNO)cc1)=N[C@@H](CC(=O)OC(C)(C)C)c1nnc(C)n1-2. The van der Waals surface area contributed by atoms with Crippen LogP contribution in [0.4, 0.5) is 0 Å². The van der Waals surface area contributed by atoms with Gasteiger partial charge in [-0.3, -0.25) is 14.4 Å². The molecule has 0 bridgehead atoms. The number of aromatic nitrogens is 3. The van der Waals surface area contributed by atoms with E-state index in [9.17, 15) is 4.79 Å². The number of fused-ring (bicyclic) bond motifs is 3. The van der Waals surface area contributed by atoms with Crippen molar-refractivity contribution in [2.24, 2.45) is 4.99 Å². The molecular weight excluding hydrogens is 462 g/mol. The summed E-state index contributed by atoms with van der Waals surface area (Å²) < 4.78 is 7.65. The summed E-state index contributed by atoms with van der Waals surface area (Å²) in [6.07, 6.45) is 3.85. The van der Waals surface area contributed by atoms with Gasteiger partial charge in [-0.15, -0.1) is 21.5 Å². The van der Waals surface area contributed by atoms with E-state index in [1.807, 2.05) is 68.7 Å². The molecular formula is C26H31N5O3S. The number of aryl methyl sites for hydroxylation is 2. The van der Waals surface area contributed by atoms with Gasteiger partial charge in [-0.2, -0.15) is 0 Å². The minimum atomic E-state index is -0.584. The zero-order valence-electron chi connectivity index (χ0n) is 20.9. The molecule has 0 saturated carbocycles. The Morgan fingerprint density at radius 1 is 1.20 bits per heavy atom. The van der Waals surface area contributed by atoms with E-state index in [1.165, 1.54) is 4.88 Å². The lowest BCUT2D eigenvalue weighted by Crippen LogP contribution is -2.25. The molecule has 3 heterocycles. The normalized spacial score (nSPS) is 15.5. The molecule has 0 aliphatic carbocycles. The lowest BCUT2D eigenvalue weighted by atomic mass is 9.98. The highest BCUT2D eigenvalue weighted by Crippen LogP contribution is 2.39. The summed E-state index contributed by atoms with van der Waals surface area (Å²) in [5.41, 5.74) is 6.51. The van der Waals surface area contributed by atoms with Gasteiger partial charge in [-0.1, -0.05) is 36.4 Å². The molecule has 0 unspecified atom stereocenters. The van der Waals surface area contributed by atoms with E-state index in [0.717, 1.165) is 38.8 Å². The first-order valence-corrected chi connectivity index (χ1v) is 12.4. The second kappa shape index (κ2) is 9.85. The number of aliphatic imine (C=N–C) groups is 1. The van der Waals surface area contributed by atoms with Crippen LogP contribution >= 0.6 is 11.3 Å². The quantitative estimate of drug-likeness (QED) is 0.375. The van der Waals surface area contributed by atoms with Crippen molar-refractivity contribution in [3.8, 4) is 5.00 Å². The minimum absolute atomic E-state index is 0.0703. The first kappa shape index (κ1) is 25.0. The van der Waals surface area contributed by atoms with E-state index < -0.39 is 11.6 Å². The Morgan fingerprint density at radius 2 is 1.91 bits per heavy atom. The number of thiophene rings is 1. The predicted octanol–water partition coefficient (Wildman–Crippen LogP) is 4.87. The van der Waals surface area contributed by atoms with Crippen molar-refractivity contribution in [3.05, 3.63) is 69.1 Å². The molecule has 184 valence electrons. The predicted molar refractivity (Wildman–Crippen MR) is 138 cm³/mol. The van der Waals surface area contributed by atoms with Gasteiger partial charge in [0.05, 0.1) is 12.1 Å². The van der Waals surface area contributed by atoms with Crippen LogP contribution in [0.5, 0.6) is 0 Å². The van der Waals surface area contributed by atoms with Crippen molar-refractivity contribution >= 4 is 29.1 Å². The molecule has 0 radical (unpaired) electrons. The molecule has 8 nitrogen and oxygen atoms in total. The third kappa shape index (κ3) is 5.27. The second-order valence-corrected chi connectivity index (χ2v) is 10.8. The number of esters is 1. The standard InChI is InChI=1S/C26H31N5O3S/c1-15-16(2)35-25-22(15)23(19-11-9-18(10-12-19)8-7-13-27-33)28-20(14-21(32)34-26(4,5)6)24-30-29-17(3)31(24)25/h7-12,20,27,33H,13-14H2,1-6H3/b8-7+/t20-/m0/s1. The number of rotatable bonds is 6. The van der Waals surface area contributed by atoms with E-state index in [2.05, 4.69) is 29.5 Å². The fourth-order valence-electron chi connectivity index (χ4n) is 4.07. The number of hydrogen-bond donors (Lipinski definition) is 2. The maximum Gasteiger partial charge on any atom is 0.308 e. The summed E-state index contributed by atoms with van der Waals surface area (Å²) in [6, 6.07) is 7.56. The molecule has 3 aromatic rings. The number of hydroxylamine groups is 1. The Kier molecular flexibility index (Phi) is 7.02. The van der Waals surface area contributed by atoms with Crippen molar-refractivity contribution in [1.82, 2.24) is 20.2 Å². The average Bonchev–Trinajstić information content (AvgIpc) is 3.25. The molecule has 2 aromatic heterocycles. The van der Waals surface area contributed by atoms with E-state index in [0.29, 0.717) is 12.4 Å². The van der Waals surface area contributed by atoms with Crippen molar-refractivity contribution in [2.45, 2.75) is 59.6 Å². The summed E-state index contributed by atoms with van der Waals surface area (Å²) >= 11 is 1.68.